The largest absolute Gasteiger partial charge is 0.364 e. The molecule has 4 nitrogen and oxygen atoms in total. The fraction of sp³-hybridized carbons (Fsp3) is 0.300. The lowest BCUT2D eigenvalue weighted by molar-refractivity contribution is 1.02. The van der Waals surface area contributed by atoms with Crippen molar-refractivity contribution < 1.29 is 0 Å². The summed E-state index contributed by atoms with van der Waals surface area (Å²) in [5, 5.41) is 6.35. The monoisotopic (exact) mass is 220 g/mol. The number of rotatable bonds is 3. The first-order valence-electron chi connectivity index (χ1n) is 4.67. The quantitative estimate of drug-likeness (QED) is 0.861. The third kappa shape index (κ3) is 2.73. The van der Waals surface area contributed by atoms with Crippen molar-refractivity contribution in [3.05, 3.63) is 34.2 Å². The normalized spacial score (nSPS) is 10.3. The lowest BCUT2D eigenvalue weighted by Gasteiger charge is -2.02. The van der Waals surface area contributed by atoms with Crippen LogP contribution in [0.3, 0.4) is 0 Å². The number of hydrogen-bond acceptors (Lipinski definition) is 5. The Labute approximate surface area is 92.4 Å². The Kier molecular flexibility index (Phi) is 2.91. The lowest BCUT2D eigenvalue weighted by atomic mass is 10.4. The van der Waals surface area contributed by atoms with E-state index in [9.17, 15) is 0 Å². The highest BCUT2D eigenvalue weighted by Crippen LogP contribution is 2.10. The van der Waals surface area contributed by atoms with E-state index >= 15 is 0 Å². The van der Waals surface area contributed by atoms with Crippen LogP contribution in [0.5, 0.6) is 0 Å². The van der Waals surface area contributed by atoms with Gasteiger partial charge in [0.05, 0.1) is 17.2 Å². The molecule has 2 aromatic heterocycles. The molecular weight excluding hydrogens is 208 g/mol. The van der Waals surface area contributed by atoms with Crippen LogP contribution in [0.25, 0.3) is 0 Å². The molecule has 0 aliphatic rings. The maximum atomic E-state index is 4.36. The summed E-state index contributed by atoms with van der Waals surface area (Å²) in [6, 6.07) is 1.92. The topological polar surface area (TPSA) is 50.7 Å². The molecule has 78 valence electrons. The van der Waals surface area contributed by atoms with Gasteiger partial charge in [-0.3, -0.25) is 0 Å². The van der Waals surface area contributed by atoms with E-state index in [1.54, 1.807) is 17.7 Å². The molecule has 0 saturated carbocycles. The molecule has 0 saturated heterocycles. The third-order valence-corrected chi connectivity index (χ3v) is 2.74. The second-order valence-electron chi connectivity index (χ2n) is 3.26. The fourth-order valence-electron chi connectivity index (χ4n) is 1.22. The molecule has 0 amide bonds. The second-order valence-corrected chi connectivity index (χ2v) is 4.32. The summed E-state index contributed by atoms with van der Waals surface area (Å²) >= 11 is 1.66. The van der Waals surface area contributed by atoms with Crippen molar-refractivity contribution in [2.45, 2.75) is 20.4 Å². The van der Waals surface area contributed by atoms with Crippen molar-refractivity contribution in [2.75, 3.05) is 5.32 Å². The highest BCUT2D eigenvalue weighted by molar-refractivity contribution is 7.09. The molecule has 0 bridgehead atoms. The summed E-state index contributed by atoms with van der Waals surface area (Å²) in [5.74, 6) is 0.841. The van der Waals surface area contributed by atoms with Gasteiger partial charge in [0.2, 0.25) is 0 Å². The molecule has 0 aliphatic carbocycles. The minimum absolute atomic E-state index is 0.709. The molecule has 2 aromatic rings. The van der Waals surface area contributed by atoms with Gasteiger partial charge in [0.1, 0.15) is 12.1 Å². The Balaban J connectivity index is 1.99. The average molecular weight is 220 g/mol. The summed E-state index contributed by atoms with van der Waals surface area (Å²) in [7, 11) is 0. The molecule has 0 atom stereocenters. The Morgan fingerprint density at radius 3 is 2.87 bits per heavy atom. The van der Waals surface area contributed by atoms with E-state index in [1.807, 2.05) is 19.9 Å². The zero-order valence-electron chi connectivity index (χ0n) is 8.69. The van der Waals surface area contributed by atoms with Crippen molar-refractivity contribution in [1.29, 1.82) is 0 Å². The van der Waals surface area contributed by atoms with Crippen LogP contribution in [0.4, 0.5) is 5.82 Å². The van der Waals surface area contributed by atoms with Gasteiger partial charge in [0.15, 0.2) is 0 Å². The number of aryl methyl sites for hydroxylation is 2. The first-order valence-corrected chi connectivity index (χ1v) is 5.55. The van der Waals surface area contributed by atoms with Crippen LogP contribution in [0.15, 0.2) is 17.8 Å². The summed E-state index contributed by atoms with van der Waals surface area (Å²) < 4.78 is 0. The van der Waals surface area contributed by atoms with Gasteiger partial charge in [-0.25, -0.2) is 15.0 Å². The molecule has 0 unspecified atom stereocenters. The zero-order valence-corrected chi connectivity index (χ0v) is 9.51. The zero-order chi connectivity index (χ0) is 10.7. The lowest BCUT2D eigenvalue weighted by Crippen LogP contribution is -2.02. The Morgan fingerprint density at radius 1 is 1.33 bits per heavy atom. The van der Waals surface area contributed by atoms with Crippen LogP contribution in [0.2, 0.25) is 0 Å². The Hall–Kier alpha value is -1.49. The fourth-order valence-corrected chi connectivity index (χ4v) is 1.83. The molecule has 1 N–H and O–H groups in total. The molecule has 0 radical (unpaired) electrons. The van der Waals surface area contributed by atoms with E-state index in [0.717, 1.165) is 22.2 Å². The molecule has 2 heterocycles. The molecular formula is C10H12N4S. The molecule has 0 aliphatic heterocycles. The van der Waals surface area contributed by atoms with Gasteiger partial charge in [-0.2, -0.15) is 0 Å². The highest BCUT2D eigenvalue weighted by Gasteiger charge is 1.99. The number of anilines is 1. The van der Waals surface area contributed by atoms with Crippen LogP contribution in [0, 0.1) is 13.8 Å². The van der Waals surface area contributed by atoms with E-state index in [-0.39, 0.29) is 0 Å². The Morgan fingerprint density at radius 2 is 2.20 bits per heavy atom. The van der Waals surface area contributed by atoms with Gasteiger partial charge < -0.3 is 5.32 Å². The van der Waals surface area contributed by atoms with Gasteiger partial charge >= 0.3 is 0 Å². The van der Waals surface area contributed by atoms with E-state index in [2.05, 4.69) is 25.6 Å². The van der Waals surface area contributed by atoms with Gasteiger partial charge in [-0.1, -0.05) is 0 Å². The number of nitrogens with one attached hydrogen (secondary N) is 1. The van der Waals surface area contributed by atoms with E-state index in [4.69, 9.17) is 0 Å². The van der Waals surface area contributed by atoms with Crippen molar-refractivity contribution in [3.8, 4) is 0 Å². The summed E-state index contributed by atoms with van der Waals surface area (Å²) in [6.07, 6.45) is 1.56. The van der Waals surface area contributed by atoms with Crippen LogP contribution >= 0.6 is 11.3 Å². The maximum absolute atomic E-state index is 4.36. The minimum Gasteiger partial charge on any atom is -0.364 e. The number of aromatic nitrogens is 3. The minimum atomic E-state index is 0.709. The van der Waals surface area contributed by atoms with Crippen molar-refractivity contribution >= 4 is 17.2 Å². The maximum Gasteiger partial charge on any atom is 0.129 e. The number of hydrogen-bond donors (Lipinski definition) is 1. The first kappa shape index (κ1) is 10.0. The van der Waals surface area contributed by atoms with Crippen molar-refractivity contribution in [1.82, 2.24) is 15.0 Å². The van der Waals surface area contributed by atoms with Gasteiger partial charge in [0, 0.05) is 17.1 Å². The summed E-state index contributed by atoms with van der Waals surface area (Å²) in [6.45, 7) is 4.66. The molecule has 0 spiro atoms. The molecule has 0 fully saturated rings. The number of nitrogens with zero attached hydrogens (tertiary/aromatic N) is 3. The van der Waals surface area contributed by atoms with Crippen molar-refractivity contribution in [3.63, 3.8) is 0 Å². The third-order valence-electron chi connectivity index (χ3n) is 1.92. The van der Waals surface area contributed by atoms with Crippen molar-refractivity contribution in [2.24, 2.45) is 0 Å². The molecule has 5 heteroatoms. The summed E-state index contributed by atoms with van der Waals surface area (Å²) in [4.78, 5) is 12.5. The van der Waals surface area contributed by atoms with Gasteiger partial charge in [-0.05, 0) is 13.8 Å². The molecule has 2 rings (SSSR count). The van der Waals surface area contributed by atoms with E-state index in [0.29, 0.717) is 6.54 Å². The Bertz CT molecular complexity index is 452. The van der Waals surface area contributed by atoms with Crippen LogP contribution < -0.4 is 5.32 Å². The standard InChI is InChI=1S/C10H12N4S/c1-7-3-10(13-6-12-7)11-4-9-5-15-8(2)14-9/h3,5-6H,4H2,1-2H3,(H,11,12,13). The predicted molar refractivity (Wildman–Crippen MR) is 60.9 cm³/mol. The van der Waals surface area contributed by atoms with E-state index in [1.165, 1.54) is 0 Å². The summed E-state index contributed by atoms with van der Waals surface area (Å²) in [5.41, 5.74) is 2.01. The smallest absolute Gasteiger partial charge is 0.129 e. The molecule has 15 heavy (non-hydrogen) atoms. The van der Waals surface area contributed by atoms with Gasteiger partial charge in [0.25, 0.3) is 0 Å². The van der Waals surface area contributed by atoms with Crippen LogP contribution in [0.1, 0.15) is 16.4 Å². The molecule has 0 aromatic carbocycles. The van der Waals surface area contributed by atoms with Crippen LogP contribution in [-0.2, 0) is 6.54 Å². The highest BCUT2D eigenvalue weighted by atomic mass is 32.1. The second kappa shape index (κ2) is 4.35. The van der Waals surface area contributed by atoms with Crippen LogP contribution in [-0.4, -0.2) is 15.0 Å². The average Bonchev–Trinajstić information content (AvgIpc) is 2.62. The number of thiazole rings is 1. The van der Waals surface area contributed by atoms with Gasteiger partial charge in [-0.15, -0.1) is 11.3 Å². The first-order chi connectivity index (χ1) is 7.24. The van der Waals surface area contributed by atoms with E-state index < -0.39 is 0 Å². The SMILES string of the molecule is Cc1cc(NCc2csc(C)n2)ncn1. The predicted octanol–water partition coefficient (Wildman–Crippen LogP) is 2.16.